The van der Waals surface area contributed by atoms with Crippen LogP contribution in [-0.4, -0.2) is 25.8 Å². The lowest BCUT2D eigenvalue weighted by Gasteiger charge is -2.14. The summed E-state index contributed by atoms with van der Waals surface area (Å²) < 4.78 is 7.97. The quantitative estimate of drug-likeness (QED) is 0.141. The third-order valence-corrected chi connectivity index (χ3v) is 7.49. The van der Waals surface area contributed by atoms with Crippen LogP contribution in [-0.2, 0) is 6.42 Å². The van der Waals surface area contributed by atoms with E-state index >= 15 is 0 Å². The van der Waals surface area contributed by atoms with E-state index in [1.807, 2.05) is 85.8 Å². The van der Waals surface area contributed by atoms with Gasteiger partial charge < -0.3 is 15.4 Å². The zero-order valence-electron chi connectivity index (χ0n) is 24.9. The SMILES string of the molecule is CCCCc1cc(NC(=O)Nc2ccc(Oc3ccnc(Nc4ccccc4Cl)n3)c3ccccc23)n(-c2ccc(C)cc2)n1. The number of aromatic nitrogens is 4. The third-order valence-electron chi connectivity index (χ3n) is 7.16. The van der Waals surface area contributed by atoms with Gasteiger partial charge in [0.05, 0.1) is 27.8 Å². The molecule has 0 aliphatic heterocycles. The van der Waals surface area contributed by atoms with Gasteiger partial charge in [0.2, 0.25) is 11.8 Å². The smallest absolute Gasteiger partial charge is 0.324 e. The molecule has 6 aromatic rings. The number of amides is 2. The van der Waals surface area contributed by atoms with E-state index in [1.165, 1.54) is 0 Å². The van der Waals surface area contributed by atoms with Gasteiger partial charge >= 0.3 is 6.03 Å². The Morgan fingerprint density at radius 2 is 1.67 bits per heavy atom. The number of fused-ring (bicyclic) bond motifs is 1. The molecule has 2 aromatic heterocycles. The predicted molar refractivity (Wildman–Crippen MR) is 180 cm³/mol. The van der Waals surface area contributed by atoms with Crippen molar-refractivity contribution in [2.45, 2.75) is 33.1 Å². The van der Waals surface area contributed by atoms with E-state index in [4.69, 9.17) is 21.4 Å². The molecule has 3 N–H and O–H groups in total. The number of hydrogen-bond donors (Lipinski definition) is 3. The summed E-state index contributed by atoms with van der Waals surface area (Å²) in [5, 5.41) is 16.1. The highest BCUT2D eigenvalue weighted by Crippen LogP contribution is 2.34. The molecule has 226 valence electrons. The Labute approximate surface area is 266 Å². The van der Waals surface area contributed by atoms with Crippen LogP contribution in [0.4, 0.5) is 27.9 Å². The van der Waals surface area contributed by atoms with Gasteiger partial charge in [0.15, 0.2) is 0 Å². The largest absolute Gasteiger partial charge is 0.438 e. The van der Waals surface area contributed by atoms with Crippen molar-refractivity contribution in [3.05, 3.63) is 120 Å². The van der Waals surface area contributed by atoms with Gasteiger partial charge in [0.25, 0.3) is 0 Å². The molecule has 0 radical (unpaired) electrons. The second kappa shape index (κ2) is 13.5. The van der Waals surface area contributed by atoms with Gasteiger partial charge in [-0.2, -0.15) is 10.1 Å². The first kappa shape index (κ1) is 29.7. The van der Waals surface area contributed by atoms with Gasteiger partial charge in [-0.1, -0.05) is 79.0 Å². The number of carbonyl (C=O) groups is 1. The number of urea groups is 1. The summed E-state index contributed by atoms with van der Waals surface area (Å²) in [5.41, 5.74) is 4.27. The van der Waals surface area contributed by atoms with Crippen LogP contribution in [0.2, 0.25) is 5.02 Å². The molecule has 9 nitrogen and oxygen atoms in total. The van der Waals surface area contributed by atoms with Crippen LogP contribution in [0.25, 0.3) is 16.5 Å². The summed E-state index contributed by atoms with van der Waals surface area (Å²) in [6.45, 7) is 4.19. The number of aryl methyl sites for hydroxylation is 2. The molecule has 0 atom stereocenters. The third kappa shape index (κ3) is 7.05. The van der Waals surface area contributed by atoms with Crippen LogP contribution in [0.3, 0.4) is 0 Å². The highest BCUT2D eigenvalue weighted by Gasteiger charge is 2.15. The summed E-state index contributed by atoms with van der Waals surface area (Å²) in [4.78, 5) is 22.1. The molecule has 0 bridgehead atoms. The number of unbranched alkanes of at least 4 members (excludes halogenated alkanes) is 1. The zero-order valence-corrected chi connectivity index (χ0v) is 25.7. The van der Waals surface area contributed by atoms with Crippen molar-refractivity contribution < 1.29 is 9.53 Å². The Kier molecular flexibility index (Phi) is 8.89. The van der Waals surface area contributed by atoms with E-state index in [-0.39, 0.29) is 6.03 Å². The van der Waals surface area contributed by atoms with Crippen molar-refractivity contribution in [1.82, 2.24) is 19.7 Å². The van der Waals surface area contributed by atoms with Crippen LogP contribution in [0.15, 0.2) is 103 Å². The van der Waals surface area contributed by atoms with E-state index in [9.17, 15) is 4.79 Å². The number of nitrogens with one attached hydrogen (secondary N) is 3. The molecule has 2 amide bonds. The molecule has 0 saturated carbocycles. The molecule has 4 aromatic carbocycles. The van der Waals surface area contributed by atoms with Gasteiger partial charge in [-0.3, -0.25) is 5.32 Å². The van der Waals surface area contributed by atoms with Crippen molar-refractivity contribution in [2.75, 3.05) is 16.0 Å². The van der Waals surface area contributed by atoms with E-state index in [1.54, 1.807) is 29.1 Å². The summed E-state index contributed by atoms with van der Waals surface area (Å²) in [6, 6.07) is 30.0. The molecule has 10 heteroatoms. The number of hydrogen-bond acceptors (Lipinski definition) is 6. The van der Waals surface area contributed by atoms with Gasteiger partial charge in [-0.05, 0) is 56.2 Å². The molecule has 0 saturated heterocycles. The highest BCUT2D eigenvalue weighted by molar-refractivity contribution is 6.33. The molecule has 0 fully saturated rings. The Bertz CT molecular complexity index is 1960. The molecular formula is C35H32ClN7O2. The minimum atomic E-state index is -0.379. The average Bonchev–Trinajstić information content (AvgIpc) is 3.45. The molecule has 0 spiro atoms. The zero-order chi connectivity index (χ0) is 31.2. The molecule has 0 aliphatic rings. The van der Waals surface area contributed by atoms with Gasteiger partial charge in [-0.15, -0.1) is 0 Å². The van der Waals surface area contributed by atoms with E-state index < -0.39 is 0 Å². The van der Waals surface area contributed by atoms with Crippen molar-refractivity contribution in [2.24, 2.45) is 0 Å². The van der Waals surface area contributed by atoms with Crippen molar-refractivity contribution in [1.29, 1.82) is 0 Å². The number of nitrogens with zero attached hydrogens (tertiary/aromatic N) is 4. The maximum Gasteiger partial charge on any atom is 0.324 e. The fraction of sp³-hybridized carbons (Fsp3) is 0.143. The Morgan fingerprint density at radius 1 is 0.889 bits per heavy atom. The van der Waals surface area contributed by atoms with E-state index in [0.29, 0.717) is 39.8 Å². The highest BCUT2D eigenvalue weighted by atomic mass is 35.5. The predicted octanol–water partition coefficient (Wildman–Crippen LogP) is 9.30. The van der Waals surface area contributed by atoms with E-state index in [2.05, 4.69) is 32.8 Å². The number of halogens is 1. The first-order valence-corrected chi connectivity index (χ1v) is 15.1. The number of carbonyl (C=O) groups excluding carboxylic acids is 1. The maximum atomic E-state index is 13.3. The molecule has 45 heavy (non-hydrogen) atoms. The minimum absolute atomic E-state index is 0.350. The number of anilines is 4. The standard InChI is InChI=1S/C35H32ClN7O2/c1-3-4-9-24-22-32(43(42-24)25-16-14-23(2)15-17-25)40-35(44)39-29-18-19-31(27-11-6-5-10-26(27)29)45-33-20-21-37-34(41-33)38-30-13-8-7-12-28(30)36/h5-8,10-22H,3-4,9H2,1-2H3,(H,37,38,41)(H2,39,40,44). The van der Waals surface area contributed by atoms with Gasteiger partial charge in [0.1, 0.15) is 11.6 Å². The molecule has 0 aliphatic carbocycles. The van der Waals surface area contributed by atoms with Crippen molar-refractivity contribution in [3.63, 3.8) is 0 Å². The first-order chi connectivity index (χ1) is 22.0. The van der Waals surface area contributed by atoms with E-state index in [0.717, 1.165) is 47.0 Å². The summed E-state index contributed by atoms with van der Waals surface area (Å²) >= 11 is 6.28. The second-order valence-electron chi connectivity index (χ2n) is 10.5. The fourth-order valence-electron chi connectivity index (χ4n) is 4.88. The van der Waals surface area contributed by atoms with Gasteiger partial charge in [0, 0.05) is 29.1 Å². The number of rotatable bonds is 10. The lowest BCUT2D eigenvalue weighted by Crippen LogP contribution is -2.21. The normalized spacial score (nSPS) is 10.9. The minimum Gasteiger partial charge on any atom is -0.438 e. The molecule has 0 unspecified atom stereocenters. The summed E-state index contributed by atoms with van der Waals surface area (Å²) in [6.07, 6.45) is 4.52. The molecule has 6 rings (SSSR count). The number of ether oxygens (including phenoxy) is 1. The second-order valence-corrected chi connectivity index (χ2v) is 10.9. The average molecular weight is 618 g/mol. The Morgan fingerprint density at radius 3 is 2.47 bits per heavy atom. The van der Waals surface area contributed by atoms with Crippen LogP contribution in [0.1, 0.15) is 31.0 Å². The lowest BCUT2D eigenvalue weighted by molar-refractivity contribution is 0.262. The van der Waals surface area contributed by atoms with Crippen molar-refractivity contribution in [3.8, 4) is 17.3 Å². The lowest BCUT2D eigenvalue weighted by atomic mass is 10.1. The summed E-state index contributed by atoms with van der Waals surface area (Å²) in [7, 11) is 0. The topological polar surface area (TPSA) is 106 Å². The van der Waals surface area contributed by atoms with Crippen LogP contribution in [0.5, 0.6) is 11.6 Å². The summed E-state index contributed by atoms with van der Waals surface area (Å²) in [5.74, 6) is 1.88. The molecular weight excluding hydrogens is 586 g/mol. The number of benzene rings is 4. The van der Waals surface area contributed by atoms with Crippen LogP contribution in [0, 0.1) is 6.92 Å². The number of para-hydroxylation sites is 1. The Hall–Kier alpha value is -5.41. The Balaban J connectivity index is 1.22. The van der Waals surface area contributed by atoms with Crippen molar-refractivity contribution >= 4 is 51.5 Å². The monoisotopic (exact) mass is 617 g/mol. The first-order valence-electron chi connectivity index (χ1n) is 14.7. The van der Waals surface area contributed by atoms with Crippen LogP contribution < -0.4 is 20.7 Å². The van der Waals surface area contributed by atoms with Gasteiger partial charge in [-0.25, -0.2) is 14.5 Å². The maximum absolute atomic E-state index is 13.3. The fourth-order valence-corrected chi connectivity index (χ4v) is 5.06. The van der Waals surface area contributed by atoms with Crippen LogP contribution >= 0.6 is 11.6 Å². The molecule has 2 heterocycles.